The van der Waals surface area contributed by atoms with E-state index in [2.05, 4.69) is 27.8 Å². The number of nitrogens with two attached hydrogens (primary N) is 1. The van der Waals surface area contributed by atoms with Crippen LogP contribution in [0.1, 0.15) is 6.92 Å². The number of halogens is 1. The molecule has 82 valence electrons. The molecule has 15 heavy (non-hydrogen) atoms. The quantitative estimate of drug-likeness (QED) is 0.809. The van der Waals surface area contributed by atoms with Gasteiger partial charge in [0.15, 0.2) is 0 Å². The Labute approximate surface area is 98.4 Å². The van der Waals surface area contributed by atoms with E-state index in [1.807, 2.05) is 25.1 Å². The average Bonchev–Trinajstić information content (AvgIpc) is 2.19. The lowest BCUT2D eigenvalue weighted by Crippen LogP contribution is -2.05. The highest BCUT2D eigenvalue weighted by Crippen LogP contribution is 2.29. The lowest BCUT2D eigenvalue weighted by atomic mass is 10.2. The second-order valence-corrected chi connectivity index (χ2v) is 4.14. The predicted octanol–water partition coefficient (Wildman–Crippen LogP) is 2.99. The van der Waals surface area contributed by atoms with Crippen LogP contribution in [0.4, 0.5) is 11.4 Å². The van der Waals surface area contributed by atoms with Crippen LogP contribution in [-0.4, -0.2) is 13.2 Å². The third-order valence-electron chi connectivity index (χ3n) is 1.84. The van der Waals surface area contributed by atoms with E-state index in [9.17, 15) is 0 Å². The van der Waals surface area contributed by atoms with Gasteiger partial charge in [-0.15, -0.1) is 0 Å². The molecule has 0 unspecified atom stereocenters. The van der Waals surface area contributed by atoms with E-state index in [-0.39, 0.29) is 0 Å². The molecule has 0 aliphatic carbocycles. The van der Waals surface area contributed by atoms with Gasteiger partial charge in [-0.2, -0.15) is 0 Å². The van der Waals surface area contributed by atoms with Crippen molar-refractivity contribution in [3.63, 3.8) is 0 Å². The molecule has 0 fully saturated rings. The van der Waals surface area contributed by atoms with Crippen LogP contribution in [0.25, 0.3) is 0 Å². The summed E-state index contributed by atoms with van der Waals surface area (Å²) in [6.45, 7) is 6.92. The molecule has 3 nitrogen and oxygen atoms in total. The van der Waals surface area contributed by atoms with Crippen molar-refractivity contribution in [3.8, 4) is 5.75 Å². The first kappa shape index (κ1) is 11.9. The molecule has 0 heterocycles. The van der Waals surface area contributed by atoms with Crippen molar-refractivity contribution in [2.45, 2.75) is 6.92 Å². The summed E-state index contributed by atoms with van der Waals surface area (Å²) in [6, 6.07) is 5.67. The van der Waals surface area contributed by atoms with E-state index in [1.165, 1.54) is 0 Å². The molecule has 0 amide bonds. The van der Waals surface area contributed by atoms with E-state index in [1.54, 1.807) is 0 Å². The highest BCUT2D eigenvalue weighted by molar-refractivity contribution is 9.11. The van der Waals surface area contributed by atoms with Crippen molar-refractivity contribution in [1.82, 2.24) is 0 Å². The first-order valence-corrected chi connectivity index (χ1v) is 5.53. The van der Waals surface area contributed by atoms with Crippen molar-refractivity contribution in [3.05, 3.63) is 29.3 Å². The van der Waals surface area contributed by atoms with Gasteiger partial charge in [0.05, 0.1) is 18.0 Å². The number of para-hydroxylation sites is 1. The standard InChI is InChI=1S/C11H15BrN2O/c1-3-15-10-6-4-5-9(11(10)13)14-7-8(2)12/h4-6,14H,2-3,7,13H2,1H3. The fraction of sp³-hybridized carbons (Fsp3) is 0.273. The van der Waals surface area contributed by atoms with Crippen LogP contribution in [0.2, 0.25) is 0 Å². The molecule has 1 rings (SSSR count). The summed E-state index contributed by atoms with van der Waals surface area (Å²) < 4.78 is 6.26. The van der Waals surface area contributed by atoms with Crippen molar-refractivity contribution in [1.29, 1.82) is 0 Å². The number of nitrogens with one attached hydrogen (secondary N) is 1. The molecule has 0 atom stereocenters. The molecule has 1 aromatic rings. The van der Waals surface area contributed by atoms with Crippen molar-refractivity contribution in [2.24, 2.45) is 0 Å². The molecule has 4 heteroatoms. The molecule has 0 spiro atoms. The van der Waals surface area contributed by atoms with Gasteiger partial charge in [-0.25, -0.2) is 0 Å². The minimum atomic E-state index is 0.610. The number of benzene rings is 1. The topological polar surface area (TPSA) is 47.3 Å². The van der Waals surface area contributed by atoms with E-state index in [4.69, 9.17) is 10.5 Å². The largest absolute Gasteiger partial charge is 0.492 e. The van der Waals surface area contributed by atoms with E-state index < -0.39 is 0 Å². The smallest absolute Gasteiger partial charge is 0.144 e. The Morgan fingerprint density at radius 1 is 1.60 bits per heavy atom. The third-order valence-corrected chi connectivity index (χ3v) is 2.12. The highest BCUT2D eigenvalue weighted by atomic mass is 79.9. The predicted molar refractivity (Wildman–Crippen MR) is 68.6 cm³/mol. The lowest BCUT2D eigenvalue weighted by Gasteiger charge is -2.12. The number of rotatable bonds is 5. The highest BCUT2D eigenvalue weighted by Gasteiger charge is 2.04. The summed E-state index contributed by atoms with van der Waals surface area (Å²) in [5.74, 6) is 0.711. The SMILES string of the molecule is C=C(Br)CNc1cccc(OCC)c1N. The van der Waals surface area contributed by atoms with Gasteiger partial charge in [0.2, 0.25) is 0 Å². The Balaban J connectivity index is 2.79. The van der Waals surface area contributed by atoms with Gasteiger partial charge in [0, 0.05) is 11.0 Å². The molecule has 0 aromatic heterocycles. The molecule has 0 aliphatic rings. The van der Waals surface area contributed by atoms with Gasteiger partial charge in [0.1, 0.15) is 5.75 Å². The minimum Gasteiger partial charge on any atom is -0.492 e. The summed E-state index contributed by atoms with van der Waals surface area (Å²) in [5.41, 5.74) is 7.42. The van der Waals surface area contributed by atoms with Crippen LogP contribution in [0.3, 0.4) is 0 Å². The number of nitrogen functional groups attached to an aromatic ring is 1. The van der Waals surface area contributed by atoms with Crippen LogP contribution in [0, 0.1) is 0 Å². The molecule has 3 N–H and O–H groups in total. The van der Waals surface area contributed by atoms with E-state index >= 15 is 0 Å². The van der Waals surface area contributed by atoms with Gasteiger partial charge < -0.3 is 15.8 Å². The number of ether oxygens (including phenoxy) is 1. The van der Waals surface area contributed by atoms with Gasteiger partial charge in [0.25, 0.3) is 0 Å². The summed E-state index contributed by atoms with van der Waals surface area (Å²) in [6.07, 6.45) is 0. The second-order valence-electron chi connectivity index (χ2n) is 3.02. The van der Waals surface area contributed by atoms with E-state index in [0.29, 0.717) is 24.6 Å². The summed E-state index contributed by atoms with van der Waals surface area (Å²) in [5, 5.41) is 3.16. The average molecular weight is 271 g/mol. The Bertz CT molecular complexity index is 352. The van der Waals surface area contributed by atoms with Crippen LogP contribution in [-0.2, 0) is 0 Å². The summed E-state index contributed by atoms with van der Waals surface area (Å²) >= 11 is 3.28. The Hall–Kier alpha value is -1.16. The van der Waals surface area contributed by atoms with Crippen molar-refractivity contribution >= 4 is 27.3 Å². The van der Waals surface area contributed by atoms with Gasteiger partial charge in [-0.05, 0) is 19.1 Å². The maximum Gasteiger partial charge on any atom is 0.144 e. The number of hydrogen-bond donors (Lipinski definition) is 2. The molecule has 1 aromatic carbocycles. The first-order chi connectivity index (χ1) is 7.15. The maximum atomic E-state index is 5.92. The molecule has 0 aliphatic heterocycles. The Kier molecular flexibility index (Phi) is 4.49. The first-order valence-electron chi connectivity index (χ1n) is 4.73. The molecule has 0 bridgehead atoms. The zero-order chi connectivity index (χ0) is 11.3. The van der Waals surface area contributed by atoms with Crippen molar-refractivity contribution < 1.29 is 4.74 Å². The zero-order valence-corrected chi connectivity index (χ0v) is 10.3. The molecule has 0 saturated carbocycles. The van der Waals surface area contributed by atoms with Crippen LogP contribution >= 0.6 is 15.9 Å². The summed E-state index contributed by atoms with van der Waals surface area (Å²) in [4.78, 5) is 0. The van der Waals surface area contributed by atoms with Gasteiger partial charge in [-0.1, -0.05) is 28.6 Å². The summed E-state index contributed by atoms with van der Waals surface area (Å²) in [7, 11) is 0. The molecular weight excluding hydrogens is 256 g/mol. The lowest BCUT2D eigenvalue weighted by molar-refractivity contribution is 0.342. The van der Waals surface area contributed by atoms with E-state index in [0.717, 1.165) is 10.2 Å². The Morgan fingerprint density at radius 2 is 2.33 bits per heavy atom. The Morgan fingerprint density at radius 3 is 2.93 bits per heavy atom. The van der Waals surface area contributed by atoms with Crippen LogP contribution in [0.5, 0.6) is 5.75 Å². The minimum absolute atomic E-state index is 0.610. The van der Waals surface area contributed by atoms with Gasteiger partial charge >= 0.3 is 0 Å². The van der Waals surface area contributed by atoms with Crippen LogP contribution in [0.15, 0.2) is 29.3 Å². The fourth-order valence-electron chi connectivity index (χ4n) is 1.17. The van der Waals surface area contributed by atoms with Gasteiger partial charge in [-0.3, -0.25) is 0 Å². The molecular formula is C11H15BrN2O. The third kappa shape index (κ3) is 3.47. The molecule has 0 saturated heterocycles. The second kappa shape index (κ2) is 5.66. The number of hydrogen-bond acceptors (Lipinski definition) is 3. The molecule has 0 radical (unpaired) electrons. The fourth-order valence-corrected chi connectivity index (χ4v) is 1.31. The van der Waals surface area contributed by atoms with Crippen molar-refractivity contribution in [2.75, 3.05) is 24.2 Å². The number of anilines is 2. The normalized spacial score (nSPS) is 9.73. The zero-order valence-electron chi connectivity index (χ0n) is 8.72. The maximum absolute atomic E-state index is 5.92. The monoisotopic (exact) mass is 270 g/mol. The van der Waals surface area contributed by atoms with Crippen LogP contribution < -0.4 is 15.8 Å².